The highest BCUT2D eigenvalue weighted by Gasteiger charge is 2.14. The van der Waals surface area contributed by atoms with Crippen molar-refractivity contribution < 1.29 is 9.18 Å². The lowest BCUT2D eigenvalue weighted by atomic mass is 10.1. The van der Waals surface area contributed by atoms with Gasteiger partial charge in [-0.3, -0.25) is 4.79 Å². The van der Waals surface area contributed by atoms with E-state index in [1.165, 1.54) is 18.2 Å². The summed E-state index contributed by atoms with van der Waals surface area (Å²) in [6.07, 6.45) is 0.786. The lowest BCUT2D eigenvalue weighted by Gasteiger charge is -2.12. The highest BCUT2D eigenvalue weighted by Crippen LogP contribution is 2.15. The van der Waals surface area contributed by atoms with Crippen LogP contribution in [0.15, 0.2) is 18.2 Å². The number of halogens is 3. The van der Waals surface area contributed by atoms with Gasteiger partial charge in [-0.25, -0.2) is 4.39 Å². The van der Waals surface area contributed by atoms with Crippen LogP contribution in [-0.2, 0) is 0 Å². The number of hydrogen-bond donors (Lipinski definition) is 1. The third-order valence-electron chi connectivity index (χ3n) is 2.09. The number of hydrogen-bond acceptors (Lipinski definition) is 1. The molecular weight excluding hydrogens is 296 g/mol. The molecule has 1 amide bonds. The molecule has 0 bridgehead atoms. The quantitative estimate of drug-likeness (QED) is 0.849. The summed E-state index contributed by atoms with van der Waals surface area (Å²) in [5.74, 6) is -0.999. The molecule has 1 aromatic rings. The van der Waals surface area contributed by atoms with E-state index >= 15 is 0 Å². The maximum atomic E-state index is 13.3. The Morgan fingerprint density at radius 2 is 2.31 bits per heavy atom. The van der Waals surface area contributed by atoms with Gasteiger partial charge in [-0.15, -0.1) is 0 Å². The summed E-state index contributed by atoms with van der Waals surface area (Å²) in [5, 5.41) is 3.83. The predicted octanol–water partition coefficient (Wildman–Crippen LogP) is 3.38. The molecule has 1 unspecified atom stereocenters. The second kappa shape index (κ2) is 6.21. The van der Waals surface area contributed by atoms with Crippen LogP contribution in [0.4, 0.5) is 4.39 Å². The number of benzene rings is 1. The zero-order valence-corrected chi connectivity index (χ0v) is 11.1. The summed E-state index contributed by atoms with van der Waals surface area (Å²) in [6.45, 7) is 1.86. The minimum absolute atomic E-state index is 0.00902. The standard InChI is InChI=1S/C11H12BrClFNO/c1-7(4-5-12)15-11(16)9-6-8(13)2-3-10(9)14/h2-3,6-7H,4-5H2,1H3,(H,15,16). The van der Waals surface area contributed by atoms with Crippen LogP contribution >= 0.6 is 27.5 Å². The number of rotatable bonds is 4. The van der Waals surface area contributed by atoms with Crippen LogP contribution in [0.5, 0.6) is 0 Å². The van der Waals surface area contributed by atoms with E-state index in [0.717, 1.165) is 11.8 Å². The largest absolute Gasteiger partial charge is 0.349 e. The Hall–Kier alpha value is -0.610. The normalized spacial score (nSPS) is 12.2. The van der Waals surface area contributed by atoms with E-state index in [1.54, 1.807) is 0 Å². The molecule has 0 heterocycles. The van der Waals surface area contributed by atoms with Gasteiger partial charge in [-0.1, -0.05) is 27.5 Å². The summed E-state index contributed by atoms with van der Waals surface area (Å²) in [6, 6.07) is 3.92. The molecule has 0 spiro atoms. The van der Waals surface area contributed by atoms with E-state index in [1.807, 2.05) is 6.92 Å². The second-order valence-corrected chi connectivity index (χ2v) is 4.71. The second-order valence-electron chi connectivity index (χ2n) is 3.48. The Bertz CT molecular complexity index is 386. The van der Waals surface area contributed by atoms with Gasteiger partial charge in [0.1, 0.15) is 5.82 Å². The fourth-order valence-corrected chi connectivity index (χ4v) is 2.07. The molecule has 1 aromatic carbocycles. The van der Waals surface area contributed by atoms with Gasteiger partial charge in [0, 0.05) is 16.4 Å². The highest BCUT2D eigenvalue weighted by atomic mass is 79.9. The molecule has 2 nitrogen and oxygen atoms in total. The molecule has 0 aliphatic carbocycles. The van der Waals surface area contributed by atoms with Gasteiger partial charge < -0.3 is 5.32 Å². The van der Waals surface area contributed by atoms with Crippen molar-refractivity contribution in [1.82, 2.24) is 5.32 Å². The molecule has 0 saturated heterocycles. The molecule has 0 aromatic heterocycles. The molecule has 0 saturated carbocycles. The Morgan fingerprint density at radius 3 is 2.94 bits per heavy atom. The van der Waals surface area contributed by atoms with E-state index in [0.29, 0.717) is 5.02 Å². The van der Waals surface area contributed by atoms with E-state index in [9.17, 15) is 9.18 Å². The first kappa shape index (κ1) is 13.5. The van der Waals surface area contributed by atoms with Gasteiger partial charge in [-0.2, -0.15) is 0 Å². The zero-order valence-electron chi connectivity index (χ0n) is 8.77. The molecule has 0 fully saturated rings. The van der Waals surface area contributed by atoms with Crippen LogP contribution in [-0.4, -0.2) is 17.3 Å². The summed E-state index contributed by atoms with van der Waals surface area (Å²) >= 11 is 8.98. The van der Waals surface area contributed by atoms with Gasteiger partial charge in [0.15, 0.2) is 0 Å². The maximum absolute atomic E-state index is 13.3. The van der Waals surface area contributed by atoms with Crippen LogP contribution in [0.2, 0.25) is 5.02 Å². The van der Waals surface area contributed by atoms with Crippen LogP contribution in [0.25, 0.3) is 0 Å². The molecule has 5 heteroatoms. The van der Waals surface area contributed by atoms with Crippen LogP contribution in [0, 0.1) is 5.82 Å². The minimum atomic E-state index is -0.562. The SMILES string of the molecule is CC(CCBr)NC(=O)c1cc(Cl)ccc1F. The zero-order chi connectivity index (χ0) is 12.1. The van der Waals surface area contributed by atoms with Crippen molar-refractivity contribution in [2.45, 2.75) is 19.4 Å². The average Bonchev–Trinajstić information content (AvgIpc) is 2.21. The minimum Gasteiger partial charge on any atom is -0.349 e. The van der Waals surface area contributed by atoms with Gasteiger partial charge in [-0.05, 0) is 31.5 Å². The summed E-state index contributed by atoms with van der Waals surface area (Å²) in [4.78, 5) is 11.7. The van der Waals surface area contributed by atoms with E-state index in [-0.39, 0.29) is 11.6 Å². The van der Waals surface area contributed by atoms with Crippen LogP contribution in [0.1, 0.15) is 23.7 Å². The van der Waals surface area contributed by atoms with Gasteiger partial charge in [0.25, 0.3) is 5.91 Å². The molecule has 0 aliphatic rings. The van der Waals surface area contributed by atoms with E-state index < -0.39 is 11.7 Å². The molecule has 88 valence electrons. The first-order valence-corrected chi connectivity index (χ1v) is 6.36. The monoisotopic (exact) mass is 307 g/mol. The molecule has 16 heavy (non-hydrogen) atoms. The lowest BCUT2D eigenvalue weighted by molar-refractivity contribution is 0.0935. The first-order valence-electron chi connectivity index (χ1n) is 4.86. The topological polar surface area (TPSA) is 29.1 Å². The van der Waals surface area contributed by atoms with Gasteiger partial charge >= 0.3 is 0 Å². The third kappa shape index (κ3) is 3.76. The molecule has 1 rings (SSSR count). The van der Waals surface area contributed by atoms with Crippen molar-refractivity contribution in [3.05, 3.63) is 34.6 Å². The smallest absolute Gasteiger partial charge is 0.254 e. The Balaban J connectivity index is 2.76. The van der Waals surface area contributed by atoms with Gasteiger partial charge in [0.05, 0.1) is 5.56 Å². The number of nitrogens with one attached hydrogen (secondary N) is 1. The highest BCUT2D eigenvalue weighted by molar-refractivity contribution is 9.09. The predicted molar refractivity (Wildman–Crippen MR) is 66.7 cm³/mol. The summed E-state index contributed by atoms with van der Waals surface area (Å²) in [7, 11) is 0. The molecule has 1 N–H and O–H groups in total. The molecule has 0 radical (unpaired) electrons. The van der Waals surface area contributed by atoms with Crippen LogP contribution < -0.4 is 5.32 Å². The number of alkyl halides is 1. The van der Waals surface area contributed by atoms with Crippen molar-refractivity contribution in [3.8, 4) is 0 Å². The molecule has 0 aliphatic heterocycles. The molecule has 1 atom stereocenters. The Kier molecular flexibility index (Phi) is 5.22. The van der Waals surface area contributed by atoms with E-state index in [2.05, 4.69) is 21.2 Å². The maximum Gasteiger partial charge on any atom is 0.254 e. The van der Waals surface area contributed by atoms with E-state index in [4.69, 9.17) is 11.6 Å². The first-order chi connectivity index (χ1) is 7.54. The average molecular weight is 309 g/mol. The van der Waals surface area contributed by atoms with Crippen molar-refractivity contribution in [2.24, 2.45) is 0 Å². The van der Waals surface area contributed by atoms with Crippen LogP contribution in [0.3, 0.4) is 0 Å². The van der Waals surface area contributed by atoms with Crippen molar-refractivity contribution in [3.63, 3.8) is 0 Å². The number of carbonyl (C=O) groups excluding carboxylic acids is 1. The Morgan fingerprint density at radius 1 is 1.62 bits per heavy atom. The fourth-order valence-electron chi connectivity index (χ4n) is 1.21. The summed E-state index contributed by atoms with van der Waals surface area (Å²) < 4.78 is 13.3. The Labute approximate surface area is 107 Å². The number of carbonyl (C=O) groups is 1. The third-order valence-corrected chi connectivity index (χ3v) is 2.79. The lowest BCUT2D eigenvalue weighted by Crippen LogP contribution is -2.33. The van der Waals surface area contributed by atoms with Crippen molar-refractivity contribution >= 4 is 33.4 Å². The van der Waals surface area contributed by atoms with Crippen molar-refractivity contribution in [2.75, 3.05) is 5.33 Å². The van der Waals surface area contributed by atoms with Crippen molar-refractivity contribution in [1.29, 1.82) is 0 Å². The van der Waals surface area contributed by atoms with Gasteiger partial charge in [0.2, 0.25) is 0 Å². The number of amides is 1. The summed E-state index contributed by atoms with van der Waals surface area (Å²) in [5.41, 5.74) is -0.0195. The fraction of sp³-hybridized carbons (Fsp3) is 0.364. The molecular formula is C11H12BrClFNO.